The van der Waals surface area contributed by atoms with Gasteiger partial charge in [-0.3, -0.25) is 0 Å². The predicted octanol–water partition coefficient (Wildman–Crippen LogP) is 2.61. The lowest BCUT2D eigenvalue weighted by Gasteiger charge is -2.05. The number of aryl methyl sites for hydroxylation is 2. The fourth-order valence-electron chi connectivity index (χ4n) is 1.44. The minimum atomic E-state index is 0.137. The zero-order valence-electron chi connectivity index (χ0n) is 7.87. The first-order chi connectivity index (χ1) is 6.59. The van der Waals surface area contributed by atoms with Gasteiger partial charge in [-0.25, -0.2) is 9.97 Å². The first-order valence-electron chi connectivity index (χ1n) is 4.22. The lowest BCUT2D eigenvalue weighted by molar-refractivity contribution is 0.480. The summed E-state index contributed by atoms with van der Waals surface area (Å²) >= 11 is 5.98. The molecule has 0 bridgehead atoms. The van der Waals surface area contributed by atoms with Crippen LogP contribution in [0.3, 0.4) is 0 Å². The molecule has 0 saturated carbocycles. The van der Waals surface area contributed by atoms with Gasteiger partial charge in [0.25, 0.3) is 0 Å². The molecule has 14 heavy (non-hydrogen) atoms. The number of hydrogen-bond donors (Lipinski definition) is 1. The van der Waals surface area contributed by atoms with Crippen molar-refractivity contribution in [2.75, 3.05) is 0 Å². The molecule has 0 amide bonds. The van der Waals surface area contributed by atoms with E-state index in [0.717, 1.165) is 10.9 Å². The van der Waals surface area contributed by atoms with Gasteiger partial charge in [-0.15, -0.1) is 0 Å². The normalized spacial score (nSPS) is 10.8. The van der Waals surface area contributed by atoms with Crippen molar-refractivity contribution in [1.29, 1.82) is 0 Å². The van der Waals surface area contributed by atoms with Gasteiger partial charge in [-0.2, -0.15) is 0 Å². The quantitative estimate of drug-likeness (QED) is 0.677. The van der Waals surface area contributed by atoms with Crippen molar-refractivity contribution in [1.82, 2.24) is 9.97 Å². The number of halogens is 1. The molecule has 1 N–H and O–H groups in total. The summed E-state index contributed by atoms with van der Waals surface area (Å²) in [6, 6.07) is 3.41. The summed E-state index contributed by atoms with van der Waals surface area (Å²) in [7, 11) is 0. The molecule has 0 atom stereocenters. The third kappa shape index (κ3) is 1.30. The van der Waals surface area contributed by atoms with Crippen LogP contribution in [0.2, 0.25) is 5.15 Å². The molecule has 0 unspecified atom stereocenters. The highest BCUT2D eigenvalue weighted by Gasteiger charge is 2.09. The molecule has 1 heterocycles. The molecule has 2 aromatic rings. The highest BCUT2D eigenvalue weighted by atomic mass is 35.5. The van der Waals surface area contributed by atoms with Crippen LogP contribution in [0.4, 0.5) is 0 Å². The third-order valence-corrected chi connectivity index (χ3v) is 2.38. The van der Waals surface area contributed by atoms with Crippen molar-refractivity contribution in [3.05, 3.63) is 28.7 Å². The van der Waals surface area contributed by atoms with Crippen molar-refractivity contribution in [3.63, 3.8) is 0 Å². The van der Waals surface area contributed by atoms with Crippen molar-refractivity contribution in [2.45, 2.75) is 13.8 Å². The fraction of sp³-hybridized carbons (Fsp3) is 0.200. The van der Waals surface area contributed by atoms with Gasteiger partial charge in [0, 0.05) is 5.39 Å². The van der Waals surface area contributed by atoms with Gasteiger partial charge in [-0.05, 0) is 25.5 Å². The molecule has 4 heteroatoms. The average molecular weight is 209 g/mol. The highest BCUT2D eigenvalue weighted by Crippen LogP contribution is 2.29. The summed E-state index contributed by atoms with van der Waals surface area (Å²) in [5, 5.41) is 10.7. The number of phenolic OH excluding ortho intramolecular Hbond substituents is 1. The number of nitrogens with zero attached hydrogens (tertiary/aromatic N) is 2. The van der Waals surface area contributed by atoms with Gasteiger partial charge in [0.1, 0.15) is 22.2 Å². The maximum absolute atomic E-state index is 9.60. The molecular formula is C10H9ClN2O. The average Bonchev–Trinajstić information content (AvgIpc) is 2.10. The molecule has 0 aliphatic rings. The zero-order valence-corrected chi connectivity index (χ0v) is 8.63. The van der Waals surface area contributed by atoms with Gasteiger partial charge < -0.3 is 5.11 Å². The number of rotatable bonds is 0. The lowest BCUT2D eigenvalue weighted by atomic mass is 10.1. The Morgan fingerprint density at radius 1 is 1.21 bits per heavy atom. The minimum Gasteiger partial charge on any atom is -0.506 e. The highest BCUT2D eigenvalue weighted by molar-refractivity contribution is 6.34. The molecule has 2 rings (SSSR count). The van der Waals surface area contributed by atoms with E-state index in [0.29, 0.717) is 16.5 Å². The molecule has 3 nitrogen and oxygen atoms in total. The summed E-state index contributed by atoms with van der Waals surface area (Å²) in [6.07, 6.45) is 0. The fourth-order valence-corrected chi connectivity index (χ4v) is 1.80. The smallest absolute Gasteiger partial charge is 0.142 e. The second kappa shape index (κ2) is 3.10. The van der Waals surface area contributed by atoms with E-state index in [1.807, 2.05) is 6.92 Å². The molecule has 1 aromatic heterocycles. The number of benzene rings is 1. The number of hydrogen-bond acceptors (Lipinski definition) is 3. The van der Waals surface area contributed by atoms with E-state index in [9.17, 15) is 5.11 Å². The predicted molar refractivity (Wildman–Crippen MR) is 55.7 cm³/mol. The van der Waals surface area contributed by atoms with Gasteiger partial charge in [0.05, 0.1) is 0 Å². The molecule has 1 aromatic carbocycles. The number of phenols is 1. The SMILES string of the molecule is Cc1nc(Cl)c2c(C)ccc(O)c2n1. The van der Waals surface area contributed by atoms with E-state index >= 15 is 0 Å². The Morgan fingerprint density at radius 3 is 2.64 bits per heavy atom. The van der Waals surface area contributed by atoms with E-state index in [4.69, 9.17) is 11.6 Å². The summed E-state index contributed by atoms with van der Waals surface area (Å²) in [5.74, 6) is 0.696. The number of aromatic hydroxyl groups is 1. The Hall–Kier alpha value is -1.35. The first kappa shape index (κ1) is 9.21. The molecule has 0 saturated heterocycles. The van der Waals surface area contributed by atoms with Gasteiger partial charge in [-0.1, -0.05) is 17.7 Å². The van der Waals surface area contributed by atoms with Crippen LogP contribution in [0.25, 0.3) is 10.9 Å². The summed E-state index contributed by atoms with van der Waals surface area (Å²) in [5.41, 5.74) is 1.48. The van der Waals surface area contributed by atoms with Gasteiger partial charge in [0.2, 0.25) is 0 Å². The molecule has 0 fully saturated rings. The maximum Gasteiger partial charge on any atom is 0.142 e. The molecule has 0 aliphatic carbocycles. The van der Waals surface area contributed by atoms with Crippen LogP contribution >= 0.6 is 11.6 Å². The van der Waals surface area contributed by atoms with Crippen molar-refractivity contribution >= 4 is 22.5 Å². The number of aromatic nitrogens is 2. The second-order valence-corrected chi connectivity index (χ2v) is 3.54. The Morgan fingerprint density at radius 2 is 1.93 bits per heavy atom. The van der Waals surface area contributed by atoms with Crippen molar-refractivity contribution in [2.24, 2.45) is 0 Å². The molecule has 72 valence electrons. The second-order valence-electron chi connectivity index (χ2n) is 3.19. The minimum absolute atomic E-state index is 0.137. The third-order valence-electron chi connectivity index (χ3n) is 2.10. The van der Waals surface area contributed by atoms with Crippen LogP contribution < -0.4 is 0 Å². The van der Waals surface area contributed by atoms with Crippen LogP contribution in [0.15, 0.2) is 12.1 Å². The van der Waals surface area contributed by atoms with Crippen LogP contribution in [0, 0.1) is 13.8 Å². The molecular weight excluding hydrogens is 200 g/mol. The van der Waals surface area contributed by atoms with Crippen molar-refractivity contribution < 1.29 is 5.11 Å². The van der Waals surface area contributed by atoms with E-state index in [1.54, 1.807) is 19.1 Å². The summed E-state index contributed by atoms with van der Waals surface area (Å²) in [4.78, 5) is 8.20. The Balaban J connectivity index is 3.00. The molecule has 0 aliphatic heterocycles. The lowest BCUT2D eigenvalue weighted by Crippen LogP contribution is -1.92. The van der Waals surface area contributed by atoms with E-state index in [1.165, 1.54) is 0 Å². The van der Waals surface area contributed by atoms with Crippen molar-refractivity contribution in [3.8, 4) is 5.75 Å². The zero-order chi connectivity index (χ0) is 10.3. The van der Waals surface area contributed by atoms with Crippen LogP contribution in [0.1, 0.15) is 11.4 Å². The largest absolute Gasteiger partial charge is 0.506 e. The van der Waals surface area contributed by atoms with Gasteiger partial charge in [0.15, 0.2) is 0 Å². The monoisotopic (exact) mass is 208 g/mol. The maximum atomic E-state index is 9.60. The van der Waals surface area contributed by atoms with E-state index in [2.05, 4.69) is 9.97 Å². The molecule has 0 radical (unpaired) electrons. The number of fused-ring (bicyclic) bond motifs is 1. The summed E-state index contributed by atoms with van der Waals surface area (Å²) in [6.45, 7) is 3.65. The van der Waals surface area contributed by atoms with Crippen LogP contribution in [-0.4, -0.2) is 15.1 Å². The van der Waals surface area contributed by atoms with Gasteiger partial charge >= 0.3 is 0 Å². The Labute approximate surface area is 86.4 Å². The topological polar surface area (TPSA) is 46.0 Å². The molecule has 0 spiro atoms. The summed E-state index contributed by atoms with van der Waals surface area (Å²) < 4.78 is 0. The van der Waals surface area contributed by atoms with Crippen LogP contribution in [-0.2, 0) is 0 Å². The van der Waals surface area contributed by atoms with E-state index in [-0.39, 0.29) is 5.75 Å². The first-order valence-corrected chi connectivity index (χ1v) is 4.60. The standard InChI is InChI=1S/C10H9ClN2O/c1-5-3-4-7(14)9-8(5)10(11)13-6(2)12-9/h3-4,14H,1-2H3. The van der Waals surface area contributed by atoms with E-state index < -0.39 is 0 Å². The Bertz CT molecular complexity index is 511. The Kier molecular flexibility index (Phi) is 2.04. The van der Waals surface area contributed by atoms with Crippen LogP contribution in [0.5, 0.6) is 5.75 Å².